The van der Waals surface area contributed by atoms with Gasteiger partial charge in [0.2, 0.25) is 11.8 Å². The van der Waals surface area contributed by atoms with E-state index in [4.69, 9.17) is 8.83 Å². The van der Waals surface area contributed by atoms with E-state index in [-0.39, 0.29) is 0 Å². The highest BCUT2D eigenvalue weighted by Crippen LogP contribution is 2.31. The highest BCUT2D eigenvalue weighted by atomic mass is 16.4. The van der Waals surface area contributed by atoms with Gasteiger partial charge in [0.15, 0.2) is 0 Å². The Bertz CT molecular complexity index is 1730. The number of aromatic nitrogens is 7. The fourth-order valence-corrected chi connectivity index (χ4v) is 4.12. The zero-order valence-electron chi connectivity index (χ0n) is 18.6. The highest BCUT2D eigenvalue weighted by Gasteiger charge is 2.17. The Morgan fingerprint density at radius 3 is 1.89 bits per heavy atom. The molecule has 0 N–H and O–H groups in total. The number of pyridine rings is 3. The first-order valence-electron chi connectivity index (χ1n) is 11.2. The first-order chi connectivity index (χ1) is 17.8. The van der Waals surface area contributed by atoms with Gasteiger partial charge < -0.3 is 8.83 Å². The Balaban J connectivity index is 1.24. The summed E-state index contributed by atoms with van der Waals surface area (Å²) < 4.78 is 12.0. The fraction of sp³-hybridized carbons (Fsp3) is 0. The molecule has 5 aromatic heterocycles. The van der Waals surface area contributed by atoms with E-state index in [1.54, 1.807) is 18.6 Å². The van der Waals surface area contributed by atoms with Crippen LogP contribution in [0.3, 0.4) is 0 Å². The molecule has 0 fully saturated rings. The van der Waals surface area contributed by atoms with Crippen molar-refractivity contribution < 1.29 is 8.83 Å². The van der Waals surface area contributed by atoms with Crippen molar-refractivity contribution in [3.8, 4) is 46.1 Å². The topological polar surface area (TPSA) is 117 Å². The van der Waals surface area contributed by atoms with Crippen LogP contribution in [0.2, 0.25) is 0 Å². The Kier molecular flexibility index (Phi) is 4.56. The van der Waals surface area contributed by atoms with Crippen molar-refractivity contribution in [2.24, 2.45) is 0 Å². The lowest BCUT2D eigenvalue weighted by Crippen LogP contribution is -1.87. The average Bonchev–Trinajstić information content (AvgIpc) is 3.63. The molecule has 9 heteroatoms. The van der Waals surface area contributed by atoms with E-state index in [0.717, 1.165) is 27.2 Å². The van der Waals surface area contributed by atoms with E-state index >= 15 is 0 Å². The molecule has 9 nitrogen and oxygen atoms in total. The molecular weight excluding hydrogens is 454 g/mol. The smallest absolute Gasteiger partial charge is 0.267 e. The summed E-state index contributed by atoms with van der Waals surface area (Å²) in [6.07, 6.45) is 5.14. The molecular formula is C27H15N7O2. The Morgan fingerprint density at radius 1 is 0.472 bits per heavy atom. The van der Waals surface area contributed by atoms with E-state index in [0.29, 0.717) is 40.5 Å². The van der Waals surface area contributed by atoms with Gasteiger partial charge in [0.25, 0.3) is 11.8 Å². The third kappa shape index (κ3) is 3.38. The van der Waals surface area contributed by atoms with Gasteiger partial charge in [0.05, 0.1) is 5.52 Å². The molecule has 0 aliphatic heterocycles. The summed E-state index contributed by atoms with van der Waals surface area (Å²) in [4.78, 5) is 13.2. The van der Waals surface area contributed by atoms with E-state index in [2.05, 4.69) is 35.3 Å². The largest absolute Gasteiger partial charge is 0.415 e. The third-order valence-electron chi connectivity index (χ3n) is 5.81. The molecule has 7 rings (SSSR count). The summed E-state index contributed by atoms with van der Waals surface area (Å²) in [6.45, 7) is 0. The second kappa shape index (κ2) is 8.17. The van der Waals surface area contributed by atoms with Crippen LogP contribution in [0.1, 0.15) is 0 Å². The maximum absolute atomic E-state index is 6.01. The second-order valence-electron chi connectivity index (χ2n) is 8.02. The van der Waals surface area contributed by atoms with Crippen molar-refractivity contribution in [2.75, 3.05) is 0 Å². The van der Waals surface area contributed by atoms with Crippen LogP contribution in [-0.4, -0.2) is 35.3 Å². The minimum atomic E-state index is 0.316. The molecule has 0 atom stereocenters. The molecule has 7 aromatic rings. The normalized spacial score (nSPS) is 11.3. The van der Waals surface area contributed by atoms with Crippen LogP contribution in [-0.2, 0) is 0 Å². The Morgan fingerprint density at radius 2 is 1.11 bits per heavy atom. The van der Waals surface area contributed by atoms with E-state index in [9.17, 15) is 0 Å². The molecule has 36 heavy (non-hydrogen) atoms. The molecule has 0 saturated carbocycles. The van der Waals surface area contributed by atoms with Crippen LogP contribution in [0.5, 0.6) is 0 Å². The monoisotopic (exact) mass is 469 g/mol. The highest BCUT2D eigenvalue weighted by molar-refractivity contribution is 5.92. The van der Waals surface area contributed by atoms with Crippen LogP contribution < -0.4 is 0 Å². The van der Waals surface area contributed by atoms with Gasteiger partial charge in [-0.25, -0.2) is 0 Å². The summed E-state index contributed by atoms with van der Waals surface area (Å²) in [5, 5.41) is 19.8. The summed E-state index contributed by atoms with van der Waals surface area (Å²) in [5.74, 6) is 1.38. The van der Waals surface area contributed by atoms with Gasteiger partial charge in [-0.1, -0.05) is 30.3 Å². The van der Waals surface area contributed by atoms with E-state index in [1.165, 1.54) is 0 Å². The SMILES string of the molecule is c1cc(-c2nnc(-c3nccc4ccccc34)o2)cc(-c2nnc(-c3nccc4ncccc34)o2)c1. The molecule has 0 amide bonds. The first kappa shape index (κ1) is 20.1. The maximum Gasteiger partial charge on any atom is 0.267 e. The van der Waals surface area contributed by atoms with Gasteiger partial charge in [-0.2, -0.15) is 0 Å². The average molecular weight is 469 g/mol. The van der Waals surface area contributed by atoms with Crippen molar-refractivity contribution in [1.29, 1.82) is 0 Å². The summed E-state index contributed by atoms with van der Waals surface area (Å²) in [7, 11) is 0. The van der Waals surface area contributed by atoms with E-state index < -0.39 is 0 Å². The standard InChI is InChI=1S/C27H15N7O2/c1-2-8-19-16(5-1)10-13-29-22(19)26-33-31-24(35-26)17-6-3-7-18(15-17)25-32-34-27(36-25)23-20-9-4-12-28-21(20)11-14-30-23/h1-15H. The number of rotatable bonds is 4. The van der Waals surface area contributed by atoms with Crippen LogP contribution in [0.4, 0.5) is 0 Å². The van der Waals surface area contributed by atoms with Crippen LogP contribution >= 0.6 is 0 Å². The molecule has 2 aromatic carbocycles. The van der Waals surface area contributed by atoms with Crippen molar-refractivity contribution in [2.45, 2.75) is 0 Å². The number of benzene rings is 2. The molecule has 0 saturated heterocycles. The molecule has 0 unspecified atom stereocenters. The summed E-state index contributed by atoms with van der Waals surface area (Å²) in [6, 6.07) is 23.0. The van der Waals surface area contributed by atoms with Crippen LogP contribution in [0, 0.1) is 0 Å². The number of hydrogen-bond acceptors (Lipinski definition) is 9. The lowest BCUT2D eigenvalue weighted by atomic mass is 10.1. The number of hydrogen-bond donors (Lipinski definition) is 0. The summed E-state index contributed by atoms with van der Waals surface area (Å²) in [5.41, 5.74) is 3.46. The predicted molar refractivity (Wildman–Crippen MR) is 132 cm³/mol. The van der Waals surface area contributed by atoms with Gasteiger partial charge in [-0.05, 0) is 47.9 Å². The minimum absolute atomic E-state index is 0.316. The van der Waals surface area contributed by atoms with Gasteiger partial charge >= 0.3 is 0 Å². The molecule has 0 bridgehead atoms. The first-order valence-corrected chi connectivity index (χ1v) is 11.2. The fourth-order valence-electron chi connectivity index (χ4n) is 4.12. The lowest BCUT2D eigenvalue weighted by molar-refractivity contribution is 0.581. The molecule has 0 aliphatic carbocycles. The maximum atomic E-state index is 6.01. The van der Waals surface area contributed by atoms with Gasteiger partial charge in [0, 0.05) is 40.5 Å². The third-order valence-corrected chi connectivity index (χ3v) is 5.81. The van der Waals surface area contributed by atoms with Crippen LogP contribution in [0.15, 0.2) is 100 Å². The molecule has 0 spiro atoms. The number of nitrogens with zero attached hydrogens (tertiary/aromatic N) is 7. The van der Waals surface area contributed by atoms with Crippen molar-refractivity contribution >= 4 is 21.7 Å². The molecule has 170 valence electrons. The number of fused-ring (bicyclic) bond motifs is 2. The molecule has 5 heterocycles. The van der Waals surface area contributed by atoms with Gasteiger partial charge in [-0.3, -0.25) is 15.0 Å². The van der Waals surface area contributed by atoms with E-state index in [1.807, 2.05) is 72.8 Å². The summed E-state index contributed by atoms with van der Waals surface area (Å²) >= 11 is 0. The molecule has 0 radical (unpaired) electrons. The van der Waals surface area contributed by atoms with Crippen molar-refractivity contribution in [3.05, 3.63) is 91.4 Å². The predicted octanol–water partition coefficient (Wildman–Crippen LogP) is 5.61. The minimum Gasteiger partial charge on any atom is -0.415 e. The second-order valence-corrected chi connectivity index (χ2v) is 8.02. The zero-order chi connectivity index (χ0) is 23.9. The van der Waals surface area contributed by atoms with Crippen molar-refractivity contribution in [1.82, 2.24) is 35.3 Å². The van der Waals surface area contributed by atoms with Crippen LogP contribution in [0.25, 0.3) is 67.8 Å². The van der Waals surface area contributed by atoms with Crippen molar-refractivity contribution in [3.63, 3.8) is 0 Å². The quantitative estimate of drug-likeness (QED) is 0.324. The molecule has 0 aliphatic rings. The zero-order valence-corrected chi connectivity index (χ0v) is 18.6. The Hall–Kier alpha value is -5.31. The van der Waals surface area contributed by atoms with Gasteiger partial charge in [-0.15, -0.1) is 20.4 Å². The Labute approximate surface area is 203 Å². The van der Waals surface area contributed by atoms with Gasteiger partial charge in [0.1, 0.15) is 11.4 Å². The lowest BCUT2D eigenvalue weighted by Gasteiger charge is -2.01.